The van der Waals surface area contributed by atoms with Crippen molar-refractivity contribution in [3.05, 3.63) is 29.8 Å². The van der Waals surface area contributed by atoms with Crippen LogP contribution in [0.2, 0.25) is 0 Å². The minimum atomic E-state index is -0.144. The quantitative estimate of drug-likeness (QED) is 0.709. The molecule has 0 aromatic heterocycles. The molecule has 0 radical (unpaired) electrons. The number of nitrogens with one attached hydrogen (secondary N) is 1. The summed E-state index contributed by atoms with van der Waals surface area (Å²) in [6, 6.07) is 7.71. The summed E-state index contributed by atoms with van der Waals surface area (Å²) in [4.78, 5) is 13.1. The Bertz CT molecular complexity index is 379. The summed E-state index contributed by atoms with van der Waals surface area (Å²) in [5.74, 6) is 0.547. The summed E-state index contributed by atoms with van der Waals surface area (Å²) in [6.07, 6.45) is 0.923. The Morgan fingerprint density at radius 2 is 2.00 bits per heavy atom. The smallest absolute Gasteiger partial charge is 0.257 e. The van der Waals surface area contributed by atoms with Crippen LogP contribution in [0.3, 0.4) is 0 Å². The monoisotopic (exact) mass is 266 g/mol. The maximum atomic E-state index is 11.0. The number of carbonyl (C=O) groups excluding carboxylic acids is 1. The standard InChI is InChI=1S/C14H22N2O3/c1-15-14(18)11-19-13-5-3-12(4-6-13)7-8-16(2)9-10-17/h3-6,17H,7-11H2,1-2H3,(H,15,18). The van der Waals surface area contributed by atoms with Crippen LogP contribution in [-0.2, 0) is 11.2 Å². The lowest BCUT2D eigenvalue weighted by atomic mass is 10.1. The first kappa shape index (κ1) is 15.5. The van der Waals surface area contributed by atoms with Crippen LogP contribution in [0.15, 0.2) is 24.3 Å². The second kappa shape index (κ2) is 8.50. The largest absolute Gasteiger partial charge is 0.484 e. The second-order valence-electron chi connectivity index (χ2n) is 4.38. The molecule has 0 saturated carbocycles. The molecule has 19 heavy (non-hydrogen) atoms. The summed E-state index contributed by atoms with van der Waals surface area (Å²) >= 11 is 0. The van der Waals surface area contributed by atoms with E-state index in [-0.39, 0.29) is 19.1 Å². The van der Waals surface area contributed by atoms with Gasteiger partial charge in [0, 0.05) is 20.1 Å². The topological polar surface area (TPSA) is 61.8 Å². The average molecular weight is 266 g/mol. The third-order valence-corrected chi connectivity index (χ3v) is 2.84. The normalized spacial score (nSPS) is 10.5. The Balaban J connectivity index is 2.36. The van der Waals surface area contributed by atoms with E-state index in [2.05, 4.69) is 10.2 Å². The Hall–Kier alpha value is -1.59. The first-order chi connectivity index (χ1) is 9.15. The Labute approximate surface area is 114 Å². The lowest BCUT2D eigenvalue weighted by Gasteiger charge is -2.14. The van der Waals surface area contributed by atoms with Crippen molar-refractivity contribution in [2.24, 2.45) is 0 Å². The van der Waals surface area contributed by atoms with Crippen LogP contribution >= 0.6 is 0 Å². The predicted octanol–water partition coefficient (Wildman–Crippen LogP) is 0.278. The molecule has 0 bridgehead atoms. The van der Waals surface area contributed by atoms with Gasteiger partial charge in [-0.05, 0) is 31.2 Å². The molecule has 1 rings (SSSR count). The van der Waals surface area contributed by atoms with E-state index in [4.69, 9.17) is 9.84 Å². The van der Waals surface area contributed by atoms with Crippen molar-refractivity contribution in [2.75, 3.05) is 40.4 Å². The minimum absolute atomic E-state index is 0.0368. The number of hydrogen-bond donors (Lipinski definition) is 2. The molecule has 0 saturated heterocycles. The summed E-state index contributed by atoms with van der Waals surface area (Å²) < 4.78 is 5.32. The van der Waals surface area contributed by atoms with E-state index >= 15 is 0 Å². The Kier molecular flexibility index (Phi) is 6.92. The SMILES string of the molecule is CNC(=O)COc1ccc(CCN(C)CCO)cc1. The zero-order valence-electron chi connectivity index (χ0n) is 11.6. The highest BCUT2D eigenvalue weighted by atomic mass is 16.5. The lowest BCUT2D eigenvalue weighted by Crippen LogP contribution is -2.25. The van der Waals surface area contributed by atoms with Gasteiger partial charge in [-0.1, -0.05) is 12.1 Å². The van der Waals surface area contributed by atoms with E-state index in [9.17, 15) is 4.79 Å². The van der Waals surface area contributed by atoms with Gasteiger partial charge in [0.25, 0.3) is 5.91 Å². The number of aliphatic hydroxyl groups excluding tert-OH is 1. The fourth-order valence-electron chi connectivity index (χ4n) is 1.58. The fourth-order valence-corrected chi connectivity index (χ4v) is 1.58. The van der Waals surface area contributed by atoms with E-state index < -0.39 is 0 Å². The molecule has 1 aromatic rings. The van der Waals surface area contributed by atoms with Crippen molar-refractivity contribution in [1.29, 1.82) is 0 Å². The van der Waals surface area contributed by atoms with Crippen molar-refractivity contribution < 1.29 is 14.6 Å². The van der Waals surface area contributed by atoms with E-state index in [1.54, 1.807) is 7.05 Å². The van der Waals surface area contributed by atoms with Crippen molar-refractivity contribution in [3.8, 4) is 5.75 Å². The Morgan fingerprint density at radius 1 is 1.32 bits per heavy atom. The van der Waals surface area contributed by atoms with Gasteiger partial charge in [0.05, 0.1) is 6.61 Å². The molecule has 1 aromatic carbocycles. The van der Waals surface area contributed by atoms with Gasteiger partial charge in [0.15, 0.2) is 6.61 Å². The third kappa shape index (κ3) is 6.22. The van der Waals surface area contributed by atoms with Crippen LogP contribution in [0.5, 0.6) is 5.75 Å². The van der Waals surface area contributed by atoms with Crippen LogP contribution in [0.25, 0.3) is 0 Å². The number of hydrogen-bond acceptors (Lipinski definition) is 4. The van der Waals surface area contributed by atoms with E-state index in [0.29, 0.717) is 12.3 Å². The van der Waals surface area contributed by atoms with Gasteiger partial charge < -0.3 is 20.1 Å². The molecule has 0 aliphatic heterocycles. The van der Waals surface area contributed by atoms with E-state index in [1.165, 1.54) is 5.56 Å². The first-order valence-electron chi connectivity index (χ1n) is 6.37. The number of likely N-dealkylation sites (N-methyl/N-ethyl adjacent to an activating group) is 2. The average Bonchev–Trinajstić information content (AvgIpc) is 2.44. The second-order valence-corrected chi connectivity index (χ2v) is 4.38. The molecular weight excluding hydrogens is 244 g/mol. The highest BCUT2D eigenvalue weighted by Gasteiger charge is 2.01. The van der Waals surface area contributed by atoms with Gasteiger partial charge in [0.1, 0.15) is 5.75 Å². The molecule has 0 aliphatic rings. The highest BCUT2D eigenvalue weighted by Crippen LogP contribution is 2.12. The van der Waals surface area contributed by atoms with Crippen molar-refractivity contribution in [1.82, 2.24) is 10.2 Å². The molecule has 0 heterocycles. The first-order valence-corrected chi connectivity index (χ1v) is 6.37. The zero-order valence-corrected chi connectivity index (χ0v) is 11.6. The minimum Gasteiger partial charge on any atom is -0.484 e. The third-order valence-electron chi connectivity index (χ3n) is 2.84. The maximum Gasteiger partial charge on any atom is 0.257 e. The highest BCUT2D eigenvalue weighted by molar-refractivity contribution is 5.77. The molecule has 106 valence electrons. The van der Waals surface area contributed by atoms with Gasteiger partial charge >= 0.3 is 0 Å². The van der Waals surface area contributed by atoms with Crippen LogP contribution in [-0.4, -0.2) is 56.3 Å². The van der Waals surface area contributed by atoms with Gasteiger partial charge in [-0.2, -0.15) is 0 Å². The van der Waals surface area contributed by atoms with Crippen molar-refractivity contribution in [2.45, 2.75) is 6.42 Å². The number of benzene rings is 1. The van der Waals surface area contributed by atoms with Crippen molar-refractivity contribution in [3.63, 3.8) is 0 Å². The molecular formula is C14H22N2O3. The Morgan fingerprint density at radius 3 is 2.58 bits per heavy atom. The summed E-state index contributed by atoms with van der Waals surface area (Å²) in [5.41, 5.74) is 1.21. The number of carbonyl (C=O) groups is 1. The molecule has 0 fully saturated rings. The number of ether oxygens (including phenoxy) is 1. The molecule has 5 nitrogen and oxygen atoms in total. The van der Waals surface area contributed by atoms with Gasteiger partial charge in [-0.15, -0.1) is 0 Å². The number of aliphatic hydroxyl groups is 1. The van der Waals surface area contributed by atoms with Crippen molar-refractivity contribution >= 4 is 5.91 Å². The van der Waals surface area contributed by atoms with Gasteiger partial charge in [0.2, 0.25) is 0 Å². The lowest BCUT2D eigenvalue weighted by molar-refractivity contribution is -0.122. The molecule has 0 aliphatic carbocycles. The maximum absolute atomic E-state index is 11.0. The molecule has 0 atom stereocenters. The van der Waals surface area contributed by atoms with Crippen LogP contribution in [0.1, 0.15) is 5.56 Å². The van der Waals surface area contributed by atoms with Gasteiger partial charge in [-0.25, -0.2) is 0 Å². The fraction of sp³-hybridized carbons (Fsp3) is 0.500. The summed E-state index contributed by atoms with van der Waals surface area (Å²) in [6.45, 7) is 1.81. The molecule has 0 unspecified atom stereocenters. The van der Waals surface area contributed by atoms with E-state index in [1.807, 2.05) is 31.3 Å². The zero-order chi connectivity index (χ0) is 14.1. The van der Waals surface area contributed by atoms with Gasteiger partial charge in [-0.3, -0.25) is 4.79 Å². The number of rotatable bonds is 8. The molecule has 2 N–H and O–H groups in total. The molecule has 1 amide bonds. The van der Waals surface area contributed by atoms with Crippen LogP contribution < -0.4 is 10.1 Å². The number of amides is 1. The summed E-state index contributed by atoms with van der Waals surface area (Å²) in [5, 5.41) is 11.3. The number of nitrogens with zero attached hydrogens (tertiary/aromatic N) is 1. The van der Waals surface area contributed by atoms with E-state index in [0.717, 1.165) is 13.0 Å². The molecule has 0 spiro atoms. The summed E-state index contributed by atoms with van der Waals surface area (Å²) in [7, 11) is 3.56. The van der Waals surface area contributed by atoms with Crippen LogP contribution in [0.4, 0.5) is 0 Å². The van der Waals surface area contributed by atoms with Crippen LogP contribution in [0, 0.1) is 0 Å². The predicted molar refractivity (Wildman–Crippen MR) is 74.3 cm³/mol. The molecule has 5 heteroatoms.